The lowest BCUT2D eigenvalue weighted by Crippen LogP contribution is -2.36. The Morgan fingerprint density at radius 2 is 2.00 bits per heavy atom. The Bertz CT molecular complexity index is 445. The number of amides is 2. The SMILES string of the molecule is CCN(CC)CCNC(=O)Nc1cccc(COC(C)C)c1. The van der Waals surface area contributed by atoms with Crippen LogP contribution in [0.1, 0.15) is 33.3 Å². The summed E-state index contributed by atoms with van der Waals surface area (Å²) in [4.78, 5) is 14.1. The highest BCUT2D eigenvalue weighted by molar-refractivity contribution is 5.89. The van der Waals surface area contributed by atoms with E-state index in [-0.39, 0.29) is 12.1 Å². The minimum absolute atomic E-state index is 0.172. The van der Waals surface area contributed by atoms with Crippen LogP contribution < -0.4 is 10.6 Å². The molecule has 0 fully saturated rings. The Hall–Kier alpha value is -1.59. The van der Waals surface area contributed by atoms with Crippen molar-refractivity contribution in [2.45, 2.75) is 40.4 Å². The summed E-state index contributed by atoms with van der Waals surface area (Å²) in [6.45, 7) is 12.3. The van der Waals surface area contributed by atoms with Crippen molar-refractivity contribution in [1.29, 1.82) is 0 Å². The fourth-order valence-corrected chi connectivity index (χ4v) is 2.04. The summed E-state index contributed by atoms with van der Waals surface area (Å²) in [7, 11) is 0. The summed E-state index contributed by atoms with van der Waals surface area (Å²) in [5, 5.41) is 5.73. The smallest absolute Gasteiger partial charge is 0.319 e. The molecule has 0 saturated carbocycles. The largest absolute Gasteiger partial charge is 0.374 e. The van der Waals surface area contributed by atoms with E-state index in [0.29, 0.717) is 13.2 Å². The summed E-state index contributed by atoms with van der Waals surface area (Å²) in [6.07, 6.45) is 0.194. The van der Waals surface area contributed by atoms with Gasteiger partial charge in [-0.1, -0.05) is 26.0 Å². The second kappa shape index (κ2) is 10.2. The van der Waals surface area contributed by atoms with Crippen LogP contribution in [0.5, 0.6) is 0 Å². The van der Waals surface area contributed by atoms with Gasteiger partial charge in [-0.3, -0.25) is 0 Å². The van der Waals surface area contributed by atoms with E-state index in [1.165, 1.54) is 0 Å². The number of benzene rings is 1. The maximum Gasteiger partial charge on any atom is 0.319 e. The lowest BCUT2D eigenvalue weighted by Gasteiger charge is -2.18. The van der Waals surface area contributed by atoms with E-state index in [4.69, 9.17) is 4.74 Å². The fourth-order valence-electron chi connectivity index (χ4n) is 2.04. The van der Waals surface area contributed by atoms with Crippen molar-refractivity contribution in [2.24, 2.45) is 0 Å². The third-order valence-electron chi connectivity index (χ3n) is 3.38. The highest BCUT2D eigenvalue weighted by Crippen LogP contribution is 2.12. The van der Waals surface area contributed by atoms with Crippen molar-refractivity contribution in [3.63, 3.8) is 0 Å². The van der Waals surface area contributed by atoms with E-state index in [9.17, 15) is 4.79 Å². The quantitative estimate of drug-likeness (QED) is 0.737. The van der Waals surface area contributed by atoms with Crippen LogP contribution in [-0.4, -0.2) is 43.2 Å². The maximum atomic E-state index is 11.9. The molecule has 0 saturated heterocycles. The zero-order chi connectivity index (χ0) is 16.4. The number of hydrogen-bond donors (Lipinski definition) is 2. The molecular weight excluding hydrogens is 278 g/mol. The van der Waals surface area contributed by atoms with E-state index < -0.39 is 0 Å². The molecule has 0 bridgehead atoms. The van der Waals surface area contributed by atoms with E-state index in [1.54, 1.807) is 0 Å². The highest BCUT2D eigenvalue weighted by Gasteiger charge is 2.04. The Labute approximate surface area is 134 Å². The lowest BCUT2D eigenvalue weighted by molar-refractivity contribution is 0.0657. The Kier molecular flexibility index (Phi) is 8.55. The average molecular weight is 307 g/mol. The fraction of sp³-hybridized carbons (Fsp3) is 0.588. The topological polar surface area (TPSA) is 53.6 Å². The number of nitrogens with zero attached hydrogens (tertiary/aromatic N) is 1. The predicted molar refractivity (Wildman–Crippen MR) is 91.2 cm³/mol. The van der Waals surface area contributed by atoms with Gasteiger partial charge in [-0.05, 0) is 44.6 Å². The first kappa shape index (κ1) is 18.5. The van der Waals surface area contributed by atoms with E-state index in [1.807, 2.05) is 38.1 Å². The molecule has 0 aliphatic carbocycles. The van der Waals surface area contributed by atoms with Gasteiger partial charge in [0.15, 0.2) is 0 Å². The molecular formula is C17H29N3O2. The van der Waals surface area contributed by atoms with Crippen LogP contribution in [0.4, 0.5) is 10.5 Å². The van der Waals surface area contributed by atoms with Gasteiger partial charge in [0.2, 0.25) is 0 Å². The molecule has 0 atom stereocenters. The standard InChI is InChI=1S/C17H29N3O2/c1-5-20(6-2)11-10-18-17(21)19-16-9-7-8-15(12-16)13-22-14(3)4/h7-9,12,14H,5-6,10-11,13H2,1-4H3,(H2,18,19,21). The Balaban J connectivity index is 2.39. The van der Waals surface area contributed by atoms with Crippen molar-refractivity contribution in [3.8, 4) is 0 Å². The summed E-state index contributed by atoms with van der Waals surface area (Å²) in [6, 6.07) is 7.56. The number of carbonyl (C=O) groups excluding carboxylic acids is 1. The van der Waals surface area contributed by atoms with Gasteiger partial charge in [0.25, 0.3) is 0 Å². The highest BCUT2D eigenvalue weighted by atomic mass is 16.5. The molecule has 0 unspecified atom stereocenters. The Morgan fingerprint density at radius 3 is 2.64 bits per heavy atom. The number of urea groups is 1. The van der Waals surface area contributed by atoms with Crippen molar-refractivity contribution >= 4 is 11.7 Å². The van der Waals surface area contributed by atoms with Crippen LogP contribution in [0.25, 0.3) is 0 Å². The van der Waals surface area contributed by atoms with Crippen molar-refractivity contribution in [3.05, 3.63) is 29.8 Å². The first-order valence-corrected chi connectivity index (χ1v) is 8.02. The Morgan fingerprint density at radius 1 is 1.27 bits per heavy atom. The van der Waals surface area contributed by atoms with Crippen LogP contribution >= 0.6 is 0 Å². The molecule has 2 N–H and O–H groups in total. The van der Waals surface area contributed by atoms with Gasteiger partial charge in [0.05, 0.1) is 12.7 Å². The lowest BCUT2D eigenvalue weighted by atomic mass is 10.2. The van der Waals surface area contributed by atoms with E-state index in [0.717, 1.165) is 30.9 Å². The van der Waals surface area contributed by atoms with E-state index >= 15 is 0 Å². The zero-order valence-electron chi connectivity index (χ0n) is 14.2. The summed E-state index contributed by atoms with van der Waals surface area (Å²) < 4.78 is 5.57. The van der Waals surface area contributed by atoms with Crippen LogP contribution in [0, 0.1) is 0 Å². The molecule has 5 heteroatoms. The molecule has 1 rings (SSSR count). The van der Waals surface area contributed by atoms with Crippen LogP contribution in [0.2, 0.25) is 0 Å². The number of ether oxygens (including phenoxy) is 1. The maximum absolute atomic E-state index is 11.9. The molecule has 0 aliphatic heterocycles. The monoisotopic (exact) mass is 307 g/mol. The second-order valence-electron chi connectivity index (χ2n) is 5.47. The van der Waals surface area contributed by atoms with Gasteiger partial charge in [0.1, 0.15) is 0 Å². The molecule has 0 spiro atoms. The molecule has 0 radical (unpaired) electrons. The molecule has 22 heavy (non-hydrogen) atoms. The first-order valence-electron chi connectivity index (χ1n) is 8.02. The number of nitrogens with one attached hydrogen (secondary N) is 2. The van der Waals surface area contributed by atoms with Gasteiger partial charge in [-0.2, -0.15) is 0 Å². The van der Waals surface area contributed by atoms with Gasteiger partial charge >= 0.3 is 6.03 Å². The minimum Gasteiger partial charge on any atom is -0.374 e. The third-order valence-corrected chi connectivity index (χ3v) is 3.38. The molecule has 0 heterocycles. The molecule has 0 aliphatic rings. The van der Waals surface area contributed by atoms with Crippen LogP contribution in [0.3, 0.4) is 0 Å². The van der Waals surface area contributed by atoms with Gasteiger partial charge in [-0.15, -0.1) is 0 Å². The predicted octanol–water partition coefficient (Wildman–Crippen LogP) is 3.07. The number of carbonyl (C=O) groups is 1. The molecule has 124 valence electrons. The van der Waals surface area contributed by atoms with Gasteiger partial charge < -0.3 is 20.3 Å². The minimum atomic E-state index is -0.172. The molecule has 1 aromatic rings. The summed E-state index contributed by atoms with van der Waals surface area (Å²) in [5.74, 6) is 0. The molecule has 1 aromatic carbocycles. The normalized spacial score (nSPS) is 11.0. The summed E-state index contributed by atoms with van der Waals surface area (Å²) in [5.41, 5.74) is 1.83. The summed E-state index contributed by atoms with van der Waals surface area (Å²) >= 11 is 0. The first-order chi connectivity index (χ1) is 10.5. The second-order valence-corrected chi connectivity index (χ2v) is 5.47. The number of rotatable bonds is 9. The molecule has 2 amide bonds. The van der Waals surface area contributed by atoms with Gasteiger partial charge in [-0.25, -0.2) is 4.79 Å². The van der Waals surface area contributed by atoms with Crippen molar-refractivity contribution < 1.29 is 9.53 Å². The van der Waals surface area contributed by atoms with Gasteiger partial charge in [0, 0.05) is 18.8 Å². The third kappa shape index (κ3) is 7.43. The van der Waals surface area contributed by atoms with Crippen molar-refractivity contribution in [2.75, 3.05) is 31.5 Å². The molecule has 0 aromatic heterocycles. The zero-order valence-corrected chi connectivity index (χ0v) is 14.2. The van der Waals surface area contributed by atoms with Crippen LogP contribution in [-0.2, 0) is 11.3 Å². The number of hydrogen-bond acceptors (Lipinski definition) is 3. The van der Waals surface area contributed by atoms with E-state index in [2.05, 4.69) is 29.4 Å². The van der Waals surface area contributed by atoms with Crippen LogP contribution in [0.15, 0.2) is 24.3 Å². The average Bonchev–Trinajstić information content (AvgIpc) is 2.50. The number of likely N-dealkylation sites (N-methyl/N-ethyl adjacent to an activating group) is 1. The number of anilines is 1. The van der Waals surface area contributed by atoms with Crippen molar-refractivity contribution in [1.82, 2.24) is 10.2 Å². The molecule has 5 nitrogen and oxygen atoms in total.